The van der Waals surface area contributed by atoms with Crippen molar-refractivity contribution < 1.29 is 4.74 Å². The first-order chi connectivity index (χ1) is 9.54. The van der Waals surface area contributed by atoms with Gasteiger partial charge in [0.25, 0.3) is 0 Å². The molecule has 2 atom stereocenters. The summed E-state index contributed by atoms with van der Waals surface area (Å²) in [5.74, 6) is 0.548. The van der Waals surface area contributed by atoms with Crippen molar-refractivity contribution in [1.29, 1.82) is 0 Å². The molecule has 3 nitrogen and oxygen atoms in total. The van der Waals surface area contributed by atoms with Crippen LogP contribution in [-0.4, -0.2) is 44.8 Å². The van der Waals surface area contributed by atoms with Gasteiger partial charge in [0.15, 0.2) is 0 Å². The highest BCUT2D eigenvalue weighted by Gasteiger charge is 2.18. The Morgan fingerprint density at radius 2 is 1.80 bits per heavy atom. The van der Waals surface area contributed by atoms with Crippen molar-refractivity contribution in [2.24, 2.45) is 5.92 Å². The zero-order valence-electron chi connectivity index (χ0n) is 13.6. The predicted octanol–water partition coefficient (Wildman–Crippen LogP) is 2.94. The third-order valence-corrected chi connectivity index (χ3v) is 3.56. The lowest BCUT2D eigenvalue weighted by molar-refractivity contribution is 0.0606. The molecule has 0 saturated heterocycles. The summed E-state index contributed by atoms with van der Waals surface area (Å²) in [6.45, 7) is 9.30. The first-order valence-electron chi connectivity index (χ1n) is 7.57. The van der Waals surface area contributed by atoms with Gasteiger partial charge in [-0.05, 0) is 39.4 Å². The molecule has 1 aromatic rings. The second kappa shape index (κ2) is 9.11. The Kier molecular flexibility index (Phi) is 7.82. The first kappa shape index (κ1) is 17.2. The second-order valence-corrected chi connectivity index (χ2v) is 5.84. The van der Waals surface area contributed by atoms with Crippen LogP contribution in [0.4, 0.5) is 0 Å². The topological polar surface area (TPSA) is 24.5 Å². The Labute approximate surface area is 124 Å². The summed E-state index contributed by atoms with van der Waals surface area (Å²) in [7, 11) is 4.20. The lowest BCUT2D eigenvalue weighted by Crippen LogP contribution is -2.34. The van der Waals surface area contributed by atoms with E-state index in [9.17, 15) is 0 Å². The molecule has 1 N–H and O–H groups in total. The van der Waals surface area contributed by atoms with E-state index in [1.807, 2.05) is 7.05 Å². The zero-order chi connectivity index (χ0) is 15.0. The van der Waals surface area contributed by atoms with Crippen molar-refractivity contribution in [2.75, 3.05) is 33.8 Å². The molecule has 0 fully saturated rings. The monoisotopic (exact) mass is 278 g/mol. The van der Waals surface area contributed by atoms with Crippen LogP contribution in [0.2, 0.25) is 0 Å². The number of ether oxygens (including phenoxy) is 1. The summed E-state index contributed by atoms with van der Waals surface area (Å²) in [5.41, 5.74) is 1.36. The number of benzene rings is 1. The van der Waals surface area contributed by atoms with Crippen molar-refractivity contribution in [3.63, 3.8) is 0 Å². The van der Waals surface area contributed by atoms with E-state index in [0.717, 1.165) is 19.7 Å². The smallest absolute Gasteiger partial charge is 0.0596 e. The average Bonchev–Trinajstić information content (AvgIpc) is 2.40. The van der Waals surface area contributed by atoms with Crippen molar-refractivity contribution in [3.05, 3.63) is 35.9 Å². The van der Waals surface area contributed by atoms with Crippen molar-refractivity contribution in [1.82, 2.24) is 10.2 Å². The number of nitrogens with zero attached hydrogens (tertiary/aromatic N) is 1. The first-order valence-corrected chi connectivity index (χ1v) is 7.57. The third-order valence-electron chi connectivity index (χ3n) is 3.56. The summed E-state index contributed by atoms with van der Waals surface area (Å²) >= 11 is 0. The predicted molar refractivity (Wildman–Crippen MR) is 86.0 cm³/mol. The fraction of sp³-hybridized carbons (Fsp3) is 0.647. The highest BCUT2D eigenvalue weighted by Crippen LogP contribution is 2.21. The van der Waals surface area contributed by atoms with Crippen LogP contribution < -0.4 is 5.32 Å². The van der Waals surface area contributed by atoms with E-state index in [1.165, 1.54) is 5.56 Å². The molecule has 0 aliphatic carbocycles. The van der Waals surface area contributed by atoms with Gasteiger partial charge in [-0.2, -0.15) is 0 Å². The van der Waals surface area contributed by atoms with Gasteiger partial charge in [-0.25, -0.2) is 0 Å². The molecule has 2 unspecified atom stereocenters. The maximum atomic E-state index is 5.61. The molecule has 1 rings (SSSR count). The van der Waals surface area contributed by atoms with Crippen LogP contribution in [-0.2, 0) is 4.74 Å². The third kappa shape index (κ3) is 6.04. The maximum Gasteiger partial charge on any atom is 0.0596 e. The minimum absolute atomic E-state index is 0.315. The minimum Gasteiger partial charge on any atom is -0.377 e. The van der Waals surface area contributed by atoms with E-state index < -0.39 is 0 Å². The second-order valence-electron chi connectivity index (χ2n) is 5.84. The Hall–Kier alpha value is -0.900. The van der Waals surface area contributed by atoms with Gasteiger partial charge in [-0.3, -0.25) is 0 Å². The highest BCUT2D eigenvalue weighted by molar-refractivity contribution is 5.19. The SMILES string of the molecule is CNC(c1ccccc1)C(C)CN(C)CCOC(C)C. The summed E-state index contributed by atoms with van der Waals surface area (Å²) in [5, 5.41) is 3.44. The minimum atomic E-state index is 0.315. The Balaban J connectivity index is 2.45. The maximum absolute atomic E-state index is 5.61. The summed E-state index contributed by atoms with van der Waals surface area (Å²) in [4.78, 5) is 2.35. The van der Waals surface area contributed by atoms with Crippen LogP contribution in [0.3, 0.4) is 0 Å². The molecule has 0 aliphatic rings. The summed E-state index contributed by atoms with van der Waals surface area (Å²) < 4.78 is 5.61. The molecular formula is C17H30N2O. The number of hydrogen-bond donors (Lipinski definition) is 1. The largest absolute Gasteiger partial charge is 0.377 e. The fourth-order valence-electron chi connectivity index (χ4n) is 2.57. The molecule has 0 aromatic heterocycles. The number of rotatable bonds is 9. The molecule has 3 heteroatoms. The van der Waals surface area contributed by atoms with E-state index in [2.05, 4.69) is 68.4 Å². The standard InChI is InChI=1S/C17H30N2O/c1-14(2)20-12-11-19(5)13-15(3)17(18-4)16-9-7-6-8-10-16/h6-10,14-15,17-18H,11-13H2,1-5H3. The van der Waals surface area contributed by atoms with Crippen LogP contribution in [0.1, 0.15) is 32.4 Å². The fourth-order valence-corrected chi connectivity index (χ4v) is 2.57. The quantitative estimate of drug-likeness (QED) is 0.751. The van der Waals surface area contributed by atoms with Gasteiger partial charge in [0, 0.05) is 19.1 Å². The Morgan fingerprint density at radius 1 is 1.15 bits per heavy atom. The molecular weight excluding hydrogens is 248 g/mol. The Bertz CT molecular complexity index is 353. The van der Waals surface area contributed by atoms with Gasteiger partial charge in [0.05, 0.1) is 12.7 Å². The molecule has 0 spiro atoms. The van der Waals surface area contributed by atoms with Gasteiger partial charge >= 0.3 is 0 Å². The molecule has 0 aliphatic heterocycles. The molecule has 0 saturated carbocycles. The van der Waals surface area contributed by atoms with Crippen LogP contribution in [0, 0.1) is 5.92 Å². The highest BCUT2D eigenvalue weighted by atomic mass is 16.5. The van der Waals surface area contributed by atoms with Crippen LogP contribution in [0.25, 0.3) is 0 Å². The van der Waals surface area contributed by atoms with Gasteiger partial charge in [0.2, 0.25) is 0 Å². The molecule has 20 heavy (non-hydrogen) atoms. The van der Waals surface area contributed by atoms with Gasteiger partial charge in [0.1, 0.15) is 0 Å². The van der Waals surface area contributed by atoms with Crippen molar-refractivity contribution in [2.45, 2.75) is 32.9 Å². The van der Waals surface area contributed by atoms with E-state index in [1.54, 1.807) is 0 Å². The van der Waals surface area contributed by atoms with Crippen molar-refractivity contribution >= 4 is 0 Å². The van der Waals surface area contributed by atoms with Gasteiger partial charge in [-0.1, -0.05) is 37.3 Å². The average molecular weight is 278 g/mol. The molecule has 0 radical (unpaired) electrons. The van der Waals surface area contributed by atoms with E-state index >= 15 is 0 Å². The van der Waals surface area contributed by atoms with Crippen LogP contribution in [0.15, 0.2) is 30.3 Å². The zero-order valence-corrected chi connectivity index (χ0v) is 13.6. The van der Waals surface area contributed by atoms with Crippen LogP contribution in [0.5, 0.6) is 0 Å². The normalized spacial score (nSPS) is 14.8. The Morgan fingerprint density at radius 3 is 2.35 bits per heavy atom. The molecule has 1 aromatic carbocycles. The molecule has 0 heterocycles. The van der Waals surface area contributed by atoms with Crippen LogP contribution >= 0.6 is 0 Å². The number of hydrogen-bond acceptors (Lipinski definition) is 3. The number of nitrogens with one attached hydrogen (secondary N) is 1. The van der Waals surface area contributed by atoms with E-state index in [0.29, 0.717) is 18.1 Å². The van der Waals surface area contributed by atoms with E-state index in [-0.39, 0.29) is 0 Å². The molecule has 0 amide bonds. The van der Waals surface area contributed by atoms with Crippen molar-refractivity contribution in [3.8, 4) is 0 Å². The van der Waals surface area contributed by atoms with Gasteiger partial charge in [-0.15, -0.1) is 0 Å². The molecule has 114 valence electrons. The lowest BCUT2D eigenvalue weighted by Gasteiger charge is -2.28. The van der Waals surface area contributed by atoms with E-state index in [4.69, 9.17) is 4.74 Å². The molecule has 0 bridgehead atoms. The van der Waals surface area contributed by atoms with Gasteiger partial charge < -0.3 is 15.0 Å². The lowest BCUT2D eigenvalue weighted by atomic mass is 9.94. The number of likely N-dealkylation sites (N-methyl/N-ethyl adjacent to an activating group) is 1. The summed E-state index contributed by atoms with van der Waals surface area (Å²) in [6.07, 6.45) is 0.315. The summed E-state index contributed by atoms with van der Waals surface area (Å²) in [6, 6.07) is 11.1.